The molecule has 3 aliphatic rings. The van der Waals surface area contributed by atoms with Crippen molar-refractivity contribution in [3.05, 3.63) is 64.7 Å². The highest BCUT2D eigenvalue weighted by atomic mass is 35.5. The number of hydrogen-bond donors (Lipinski definition) is 1. The molecule has 0 saturated carbocycles. The van der Waals surface area contributed by atoms with Gasteiger partial charge < -0.3 is 4.90 Å². The summed E-state index contributed by atoms with van der Waals surface area (Å²) >= 11 is 8.15. The van der Waals surface area contributed by atoms with E-state index in [-0.39, 0.29) is 23.8 Å². The summed E-state index contributed by atoms with van der Waals surface area (Å²) in [6, 6.07) is 14.9. The molecule has 6 nitrogen and oxygen atoms in total. The van der Waals surface area contributed by atoms with Crippen LogP contribution in [-0.2, 0) is 26.5 Å². The molecular formula is C27H30ClN3O3S. The molecule has 2 aromatic carbocycles. The third kappa shape index (κ3) is 3.71. The third-order valence-corrected chi connectivity index (χ3v) is 8.62. The molecule has 0 radical (unpaired) electrons. The summed E-state index contributed by atoms with van der Waals surface area (Å²) < 4.78 is 0. The first-order valence-corrected chi connectivity index (χ1v) is 14.0. The summed E-state index contributed by atoms with van der Waals surface area (Å²) in [6.45, 7) is 2.75. The van der Waals surface area contributed by atoms with Crippen LogP contribution >= 0.6 is 23.4 Å². The molecule has 3 amide bonds. The number of unbranched alkanes of at least 4 members (excludes halogenated alkanes) is 1. The number of para-hydroxylation sites is 1. The van der Waals surface area contributed by atoms with Crippen LogP contribution < -0.4 is 10.2 Å². The Morgan fingerprint density at radius 2 is 1.77 bits per heavy atom. The number of thioether (sulfide) groups is 1. The number of benzene rings is 2. The number of amides is 3. The van der Waals surface area contributed by atoms with Gasteiger partial charge in [0.2, 0.25) is 11.8 Å². The molecule has 3 heterocycles. The lowest BCUT2D eigenvalue weighted by atomic mass is 9.76. The molecule has 2 fully saturated rings. The number of anilines is 1. The summed E-state index contributed by atoms with van der Waals surface area (Å²) in [5.74, 6) is -0.993. The maximum absolute atomic E-state index is 14.4. The highest BCUT2D eigenvalue weighted by Gasteiger charge is 2.71. The molecule has 4 atom stereocenters. The topological polar surface area (TPSA) is 69.7 Å². The lowest BCUT2D eigenvalue weighted by molar-refractivity contribution is -0.143. The fourth-order valence-corrected chi connectivity index (χ4v) is 6.68. The van der Waals surface area contributed by atoms with Crippen LogP contribution in [0.3, 0.4) is 0 Å². The Bertz CT molecular complexity index is 1170. The van der Waals surface area contributed by atoms with Crippen LogP contribution in [0.5, 0.6) is 0 Å². The van der Waals surface area contributed by atoms with Gasteiger partial charge in [0.25, 0.3) is 5.91 Å². The molecule has 2 aromatic rings. The smallest absolute Gasteiger partial charge is 0.253 e. The zero-order chi connectivity index (χ0) is 24.7. The molecule has 1 N–H and O–H groups in total. The molecule has 8 heteroatoms. The second-order valence-electron chi connectivity index (χ2n) is 9.53. The van der Waals surface area contributed by atoms with Crippen LogP contribution in [0.1, 0.15) is 37.3 Å². The minimum absolute atomic E-state index is 0.140. The molecular weight excluding hydrogens is 482 g/mol. The van der Waals surface area contributed by atoms with Gasteiger partial charge in [0.1, 0.15) is 5.54 Å². The van der Waals surface area contributed by atoms with E-state index in [0.717, 1.165) is 35.4 Å². The van der Waals surface area contributed by atoms with Crippen molar-refractivity contribution < 1.29 is 14.4 Å². The van der Waals surface area contributed by atoms with E-state index in [0.29, 0.717) is 24.5 Å². The molecule has 0 unspecified atom stereocenters. The molecule has 0 aromatic heterocycles. The van der Waals surface area contributed by atoms with E-state index >= 15 is 0 Å². The molecule has 0 bridgehead atoms. The van der Waals surface area contributed by atoms with Crippen LogP contribution in [0.4, 0.5) is 5.69 Å². The van der Waals surface area contributed by atoms with Gasteiger partial charge >= 0.3 is 0 Å². The van der Waals surface area contributed by atoms with Crippen LogP contribution in [-0.4, -0.2) is 47.2 Å². The Kier molecular flexibility index (Phi) is 6.68. The predicted molar refractivity (Wildman–Crippen MR) is 139 cm³/mol. The first-order chi connectivity index (χ1) is 17.0. The number of halogens is 1. The molecule has 35 heavy (non-hydrogen) atoms. The van der Waals surface area contributed by atoms with Crippen molar-refractivity contribution in [2.45, 2.75) is 44.3 Å². The van der Waals surface area contributed by atoms with Crippen molar-refractivity contribution in [3.63, 3.8) is 0 Å². The van der Waals surface area contributed by atoms with Crippen LogP contribution in [0.2, 0.25) is 5.02 Å². The minimum Gasteiger partial charge on any atom is -0.306 e. The Hall–Kier alpha value is -2.35. The number of nitrogens with one attached hydrogen (secondary N) is 1. The van der Waals surface area contributed by atoms with E-state index in [1.54, 1.807) is 16.7 Å². The van der Waals surface area contributed by atoms with E-state index in [1.807, 2.05) is 61.7 Å². The van der Waals surface area contributed by atoms with Gasteiger partial charge in [0, 0.05) is 28.9 Å². The van der Waals surface area contributed by atoms with Crippen molar-refractivity contribution in [1.82, 2.24) is 10.2 Å². The zero-order valence-corrected chi connectivity index (χ0v) is 21.6. The Labute approximate surface area is 215 Å². The maximum Gasteiger partial charge on any atom is 0.253 e. The normalized spacial score (nSPS) is 27.3. The highest BCUT2D eigenvalue weighted by Crippen LogP contribution is 2.55. The number of fused-ring (bicyclic) bond motifs is 4. The number of carbonyl (C=O) groups excluding carboxylic acids is 3. The summed E-state index contributed by atoms with van der Waals surface area (Å²) in [6.07, 6.45) is 4.39. The maximum atomic E-state index is 14.4. The van der Waals surface area contributed by atoms with Gasteiger partial charge in [-0.2, -0.15) is 11.8 Å². The number of rotatable bonds is 8. The number of hydrogen-bond acceptors (Lipinski definition) is 5. The van der Waals surface area contributed by atoms with Gasteiger partial charge in [-0.1, -0.05) is 61.3 Å². The zero-order valence-electron chi connectivity index (χ0n) is 20.0. The standard InChI is InChI=1S/C27H30ClN3O3S/c1-3-4-14-30-24(32)22-20(13-15-35-2)29-27(23(22)25(30)33)18-10-6-8-12-21(18)31(26(27)34)16-17-9-5-7-11-19(17)28/h5-12,20,22-23,29H,3-4,13-16H2,1-2H3/t20-,22+,23-,27+/m0/s1. The average molecular weight is 512 g/mol. The monoisotopic (exact) mass is 511 g/mol. The van der Waals surface area contributed by atoms with Crippen molar-refractivity contribution in [3.8, 4) is 0 Å². The molecule has 1 spiro atoms. The largest absolute Gasteiger partial charge is 0.306 e. The van der Waals surface area contributed by atoms with Crippen LogP contribution in [0.15, 0.2) is 48.5 Å². The quantitative estimate of drug-likeness (QED) is 0.538. The van der Waals surface area contributed by atoms with Crippen molar-refractivity contribution in [2.75, 3.05) is 23.5 Å². The Balaban J connectivity index is 1.61. The molecule has 3 aliphatic heterocycles. The first kappa shape index (κ1) is 24.3. The van der Waals surface area contributed by atoms with Gasteiger partial charge in [-0.25, -0.2) is 0 Å². The van der Waals surface area contributed by atoms with Crippen molar-refractivity contribution in [2.24, 2.45) is 11.8 Å². The number of likely N-dealkylation sites (tertiary alicyclic amines) is 1. The summed E-state index contributed by atoms with van der Waals surface area (Å²) in [5.41, 5.74) is 1.12. The van der Waals surface area contributed by atoms with E-state index in [2.05, 4.69) is 5.32 Å². The van der Waals surface area contributed by atoms with Gasteiger partial charge in [0.05, 0.1) is 18.4 Å². The van der Waals surface area contributed by atoms with E-state index in [1.165, 1.54) is 4.90 Å². The number of nitrogens with zero attached hydrogens (tertiary/aromatic N) is 2. The lowest BCUT2D eigenvalue weighted by Crippen LogP contribution is -2.55. The fraction of sp³-hybridized carbons (Fsp3) is 0.444. The van der Waals surface area contributed by atoms with Crippen LogP contribution in [0, 0.1) is 11.8 Å². The van der Waals surface area contributed by atoms with Gasteiger partial charge in [0.15, 0.2) is 0 Å². The second-order valence-corrected chi connectivity index (χ2v) is 10.9. The molecule has 5 rings (SSSR count). The van der Waals surface area contributed by atoms with Crippen LogP contribution in [0.25, 0.3) is 0 Å². The molecule has 2 saturated heterocycles. The van der Waals surface area contributed by atoms with E-state index < -0.39 is 17.4 Å². The summed E-state index contributed by atoms with van der Waals surface area (Å²) in [7, 11) is 0. The van der Waals surface area contributed by atoms with Crippen molar-refractivity contribution >= 4 is 46.8 Å². The molecule has 184 valence electrons. The first-order valence-electron chi connectivity index (χ1n) is 12.2. The van der Waals surface area contributed by atoms with Gasteiger partial charge in [-0.15, -0.1) is 0 Å². The highest BCUT2D eigenvalue weighted by molar-refractivity contribution is 7.98. The number of imide groups is 1. The second kappa shape index (κ2) is 9.60. The predicted octanol–water partition coefficient (Wildman–Crippen LogP) is 4.21. The Morgan fingerprint density at radius 3 is 2.51 bits per heavy atom. The van der Waals surface area contributed by atoms with Gasteiger partial charge in [-0.3, -0.25) is 24.6 Å². The SMILES string of the molecule is CCCCN1C(=O)[C@@H]2[C@H](CCSC)N[C@@]3(C(=O)N(Cc4ccccc4Cl)c4ccccc43)[C@@H]2C1=O. The Morgan fingerprint density at radius 1 is 1.03 bits per heavy atom. The van der Waals surface area contributed by atoms with E-state index in [9.17, 15) is 14.4 Å². The molecule has 0 aliphatic carbocycles. The minimum atomic E-state index is -1.25. The number of carbonyl (C=O) groups is 3. The lowest BCUT2D eigenvalue weighted by Gasteiger charge is -2.30. The summed E-state index contributed by atoms with van der Waals surface area (Å²) in [4.78, 5) is 44.9. The fourth-order valence-electron chi connectivity index (χ4n) is 5.99. The van der Waals surface area contributed by atoms with Crippen molar-refractivity contribution in [1.29, 1.82) is 0 Å². The van der Waals surface area contributed by atoms with Gasteiger partial charge in [-0.05, 0) is 42.5 Å². The third-order valence-electron chi connectivity index (χ3n) is 7.61. The van der Waals surface area contributed by atoms with E-state index in [4.69, 9.17) is 11.6 Å². The summed E-state index contributed by atoms with van der Waals surface area (Å²) in [5, 5.41) is 4.16. The average Bonchev–Trinajstić information content (AvgIpc) is 3.42.